The summed E-state index contributed by atoms with van der Waals surface area (Å²) in [4.78, 5) is 12.0. The van der Waals surface area contributed by atoms with Crippen molar-refractivity contribution in [2.24, 2.45) is 0 Å². The lowest BCUT2D eigenvalue weighted by Crippen LogP contribution is -1.89. The van der Waals surface area contributed by atoms with Crippen LogP contribution in [-0.2, 0) is 0 Å². The van der Waals surface area contributed by atoms with Crippen LogP contribution in [0.2, 0.25) is 5.28 Å². The third kappa shape index (κ3) is 1.72. The zero-order chi connectivity index (χ0) is 9.97. The van der Waals surface area contributed by atoms with Gasteiger partial charge in [0.15, 0.2) is 0 Å². The summed E-state index contributed by atoms with van der Waals surface area (Å²) < 4.78 is 0. The van der Waals surface area contributed by atoms with Crippen molar-refractivity contribution in [2.75, 3.05) is 0 Å². The third-order valence-electron chi connectivity index (χ3n) is 1.92. The number of halogens is 1. The number of hydrogen-bond donors (Lipinski definition) is 0. The Bertz CT molecular complexity index is 457. The molecule has 0 atom stereocenters. The van der Waals surface area contributed by atoms with E-state index in [9.17, 15) is 0 Å². The normalized spacial score (nSPS) is 10.1. The molecular formula is C10H8ClN3. The van der Waals surface area contributed by atoms with Crippen molar-refractivity contribution in [2.45, 2.75) is 6.92 Å². The summed E-state index contributed by atoms with van der Waals surface area (Å²) in [6.45, 7) is 1.98. The molecule has 0 saturated carbocycles. The number of hydrogen-bond acceptors (Lipinski definition) is 3. The summed E-state index contributed by atoms with van der Waals surface area (Å²) in [6, 6.07) is 3.74. The first-order valence-electron chi connectivity index (χ1n) is 4.17. The number of nitrogens with zero attached hydrogens (tertiary/aromatic N) is 3. The van der Waals surface area contributed by atoms with E-state index in [0.717, 1.165) is 16.8 Å². The van der Waals surface area contributed by atoms with Crippen molar-refractivity contribution in [3.63, 3.8) is 0 Å². The van der Waals surface area contributed by atoms with Gasteiger partial charge in [0.25, 0.3) is 0 Å². The van der Waals surface area contributed by atoms with Crippen LogP contribution >= 0.6 is 11.6 Å². The van der Waals surface area contributed by atoms with E-state index < -0.39 is 0 Å². The molecule has 2 aromatic heterocycles. The second kappa shape index (κ2) is 3.72. The number of aromatic nitrogens is 3. The smallest absolute Gasteiger partial charge is 0.222 e. The molecule has 0 fully saturated rings. The van der Waals surface area contributed by atoms with Crippen LogP contribution < -0.4 is 0 Å². The molecule has 14 heavy (non-hydrogen) atoms. The fourth-order valence-electron chi connectivity index (χ4n) is 1.25. The van der Waals surface area contributed by atoms with Crippen LogP contribution in [0.5, 0.6) is 0 Å². The van der Waals surface area contributed by atoms with E-state index in [2.05, 4.69) is 15.0 Å². The minimum atomic E-state index is 0.263. The molecule has 0 amide bonds. The Hall–Kier alpha value is -1.48. The van der Waals surface area contributed by atoms with E-state index in [1.54, 1.807) is 18.6 Å². The van der Waals surface area contributed by atoms with Gasteiger partial charge in [-0.2, -0.15) is 0 Å². The van der Waals surface area contributed by atoms with Gasteiger partial charge in [-0.15, -0.1) is 0 Å². The van der Waals surface area contributed by atoms with Gasteiger partial charge < -0.3 is 0 Å². The first-order chi connectivity index (χ1) is 6.77. The predicted molar refractivity (Wildman–Crippen MR) is 55.0 cm³/mol. The molecule has 2 heterocycles. The number of pyridine rings is 1. The van der Waals surface area contributed by atoms with Crippen LogP contribution in [0.4, 0.5) is 0 Å². The Morgan fingerprint density at radius 1 is 1.21 bits per heavy atom. The van der Waals surface area contributed by atoms with Gasteiger partial charge in [-0.1, -0.05) is 0 Å². The van der Waals surface area contributed by atoms with E-state index in [1.807, 2.05) is 19.1 Å². The summed E-state index contributed by atoms with van der Waals surface area (Å²) in [7, 11) is 0. The first-order valence-corrected chi connectivity index (χ1v) is 4.55. The average molecular weight is 206 g/mol. The van der Waals surface area contributed by atoms with Gasteiger partial charge in [0.2, 0.25) is 5.28 Å². The van der Waals surface area contributed by atoms with E-state index in [4.69, 9.17) is 11.6 Å². The van der Waals surface area contributed by atoms with Gasteiger partial charge >= 0.3 is 0 Å². The quantitative estimate of drug-likeness (QED) is 0.672. The fourth-order valence-corrected chi connectivity index (χ4v) is 1.39. The molecule has 0 aliphatic carbocycles. The van der Waals surface area contributed by atoms with E-state index >= 15 is 0 Å². The monoisotopic (exact) mass is 205 g/mol. The Morgan fingerprint density at radius 2 is 2.07 bits per heavy atom. The van der Waals surface area contributed by atoms with Crippen molar-refractivity contribution < 1.29 is 0 Å². The molecule has 0 unspecified atom stereocenters. The van der Waals surface area contributed by atoms with Gasteiger partial charge in [0.1, 0.15) is 0 Å². The lowest BCUT2D eigenvalue weighted by molar-refractivity contribution is 1.16. The molecule has 0 aliphatic rings. The second-order valence-electron chi connectivity index (χ2n) is 2.90. The lowest BCUT2D eigenvalue weighted by Gasteiger charge is -2.03. The number of rotatable bonds is 1. The van der Waals surface area contributed by atoms with Gasteiger partial charge in [0, 0.05) is 24.2 Å². The predicted octanol–water partition coefficient (Wildman–Crippen LogP) is 2.50. The standard InChI is InChI=1S/C10H8ClN3/c1-7-6-12-4-2-8(7)9-3-5-13-10(11)14-9/h2-6H,1H3. The first kappa shape index (κ1) is 9.09. The molecule has 0 saturated heterocycles. The molecule has 0 bridgehead atoms. The topological polar surface area (TPSA) is 38.7 Å². The van der Waals surface area contributed by atoms with Gasteiger partial charge in [-0.3, -0.25) is 4.98 Å². The summed E-state index contributed by atoms with van der Waals surface area (Å²) in [6.07, 6.45) is 5.17. The van der Waals surface area contributed by atoms with Crippen molar-refractivity contribution >= 4 is 11.6 Å². The summed E-state index contributed by atoms with van der Waals surface area (Å²) in [5.41, 5.74) is 2.93. The summed E-state index contributed by atoms with van der Waals surface area (Å²) in [5, 5.41) is 0.263. The highest BCUT2D eigenvalue weighted by Gasteiger charge is 2.03. The SMILES string of the molecule is Cc1cnccc1-c1ccnc(Cl)n1. The zero-order valence-corrected chi connectivity index (χ0v) is 8.36. The fraction of sp³-hybridized carbons (Fsp3) is 0.100. The molecule has 4 heteroatoms. The van der Waals surface area contributed by atoms with Crippen LogP contribution in [-0.4, -0.2) is 15.0 Å². The molecule has 2 aromatic rings. The molecule has 0 aliphatic heterocycles. The Morgan fingerprint density at radius 3 is 2.79 bits per heavy atom. The highest BCUT2D eigenvalue weighted by atomic mass is 35.5. The van der Waals surface area contributed by atoms with Crippen molar-refractivity contribution in [1.82, 2.24) is 15.0 Å². The Kier molecular flexibility index (Phi) is 2.41. The summed E-state index contributed by atoms with van der Waals surface area (Å²) >= 11 is 5.71. The maximum atomic E-state index is 5.71. The van der Waals surface area contributed by atoms with Crippen LogP contribution in [0.25, 0.3) is 11.3 Å². The van der Waals surface area contributed by atoms with Gasteiger partial charge in [0.05, 0.1) is 5.69 Å². The van der Waals surface area contributed by atoms with E-state index in [1.165, 1.54) is 0 Å². The molecular weight excluding hydrogens is 198 g/mol. The van der Waals surface area contributed by atoms with Crippen LogP contribution in [0.15, 0.2) is 30.7 Å². The maximum Gasteiger partial charge on any atom is 0.222 e. The third-order valence-corrected chi connectivity index (χ3v) is 2.10. The minimum Gasteiger partial charge on any atom is -0.264 e. The van der Waals surface area contributed by atoms with Crippen molar-refractivity contribution in [1.29, 1.82) is 0 Å². The molecule has 0 spiro atoms. The molecule has 0 aromatic carbocycles. The average Bonchev–Trinajstić information content (AvgIpc) is 2.18. The molecule has 0 N–H and O–H groups in total. The largest absolute Gasteiger partial charge is 0.264 e. The van der Waals surface area contributed by atoms with Gasteiger partial charge in [-0.05, 0) is 36.2 Å². The van der Waals surface area contributed by atoms with Crippen LogP contribution in [0.3, 0.4) is 0 Å². The number of aryl methyl sites for hydroxylation is 1. The second-order valence-corrected chi connectivity index (χ2v) is 3.24. The Labute approximate surface area is 86.8 Å². The zero-order valence-electron chi connectivity index (χ0n) is 7.61. The van der Waals surface area contributed by atoms with Crippen molar-refractivity contribution in [3.8, 4) is 11.3 Å². The summed E-state index contributed by atoms with van der Waals surface area (Å²) in [5.74, 6) is 0. The highest BCUT2D eigenvalue weighted by molar-refractivity contribution is 6.28. The highest BCUT2D eigenvalue weighted by Crippen LogP contribution is 2.20. The molecule has 3 nitrogen and oxygen atoms in total. The molecule has 0 radical (unpaired) electrons. The van der Waals surface area contributed by atoms with E-state index in [-0.39, 0.29) is 5.28 Å². The molecule has 2 rings (SSSR count). The van der Waals surface area contributed by atoms with Crippen LogP contribution in [0.1, 0.15) is 5.56 Å². The Balaban J connectivity index is 2.55. The minimum absolute atomic E-state index is 0.263. The lowest BCUT2D eigenvalue weighted by atomic mass is 10.1. The van der Waals surface area contributed by atoms with Gasteiger partial charge in [-0.25, -0.2) is 9.97 Å². The molecule has 70 valence electrons. The van der Waals surface area contributed by atoms with E-state index in [0.29, 0.717) is 0 Å². The maximum absolute atomic E-state index is 5.71. The van der Waals surface area contributed by atoms with Crippen molar-refractivity contribution in [3.05, 3.63) is 41.6 Å². The van der Waals surface area contributed by atoms with Crippen LogP contribution in [0, 0.1) is 6.92 Å².